The molecule has 2 atom stereocenters. The molecule has 0 bridgehead atoms. The maximum absolute atomic E-state index is 10.5. The molecular weight excluding hydrogens is 211 g/mol. The predicted molar refractivity (Wildman–Crippen MR) is 51.2 cm³/mol. The van der Waals surface area contributed by atoms with Gasteiger partial charge in [0.05, 0.1) is 6.10 Å². The van der Waals surface area contributed by atoms with Crippen LogP contribution in [0.25, 0.3) is 0 Å². The predicted octanol–water partition coefficient (Wildman–Crippen LogP) is -1.54. The second-order valence-corrected chi connectivity index (χ2v) is 4.58. The second-order valence-electron chi connectivity index (χ2n) is 3.64. The Morgan fingerprint density at radius 2 is 2.00 bits per heavy atom. The molecule has 0 saturated heterocycles. The zero-order valence-electron chi connectivity index (χ0n) is 9.03. The summed E-state index contributed by atoms with van der Waals surface area (Å²) in [5.41, 5.74) is 0. The minimum absolute atomic E-state index is 0. The Labute approximate surface area is 111 Å². The van der Waals surface area contributed by atoms with E-state index in [2.05, 4.69) is 0 Å². The average molecular weight is 228 g/mol. The Hall–Kier alpha value is 1.07. The third-order valence-corrected chi connectivity index (χ3v) is 3.38. The van der Waals surface area contributed by atoms with Gasteiger partial charge in [-0.05, 0) is 18.8 Å². The Bertz CT molecular complexity index is 171. The Morgan fingerprint density at radius 1 is 1.43 bits per heavy atom. The molecule has 0 aromatic carbocycles. The molecule has 2 unspecified atom stereocenters. The SMILES string of the molecule is COC(CS(=O)[O-])C1CCCCC1.[Na+]. The van der Waals surface area contributed by atoms with Gasteiger partial charge in [-0.2, -0.15) is 0 Å². The van der Waals surface area contributed by atoms with Crippen molar-refractivity contribution in [2.75, 3.05) is 12.9 Å². The van der Waals surface area contributed by atoms with Gasteiger partial charge in [0, 0.05) is 12.9 Å². The van der Waals surface area contributed by atoms with E-state index >= 15 is 0 Å². The first-order valence-electron chi connectivity index (χ1n) is 4.82. The molecule has 0 radical (unpaired) electrons. The number of ether oxygens (including phenoxy) is 1. The zero-order chi connectivity index (χ0) is 9.68. The van der Waals surface area contributed by atoms with Gasteiger partial charge < -0.3 is 9.29 Å². The summed E-state index contributed by atoms with van der Waals surface area (Å²) in [6.07, 6.45) is 5.88. The standard InChI is InChI=1S/C9H18O3S.Na/c1-12-9(7-13(10)11)8-5-3-2-4-6-8;/h8-9H,2-7H2,1H3,(H,10,11);/q;+1/p-1. The molecule has 0 heterocycles. The fourth-order valence-corrected chi connectivity index (χ4v) is 2.71. The van der Waals surface area contributed by atoms with Crippen LogP contribution in [-0.2, 0) is 15.8 Å². The van der Waals surface area contributed by atoms with E-state index in [1.165, 1.54) is 19.3 Å². The van der Waals surface area contributed by atoms with Crippen LogP contribution in [0.3, 0.4) is 0 Å². The van der Waals surface area contributed by atoms with Gasteiger partial charge in [-0.1, -0.05) is 30.3 Å². The van der Waals surface area contributed by atoms with E-state index in [9.17, 15) is 8.76 Å². The van der Waals surface area contributed by atoms with E-state index in [1.807, 2.05) is 0 Å². The van der Waals surface area contributed by atoms with Crippen LogP contribution >= 0.6 is 0 Å². The number of methoxy groups -OCH3 is 1. The summed E-state index contributed by atoms with van der Waals surface area (Å²) in [6.45, 7) is 0. The van der Waals surface area contributed by atoms with Crippen LogP contribution in [-0.4, -0.2) is 27.7 Å². The van der Waals surface area contributed by atoms with E-state index in [0.29, 0.717) is 5.92 Å². The van der Waals surface area contributed by atoms with Crippen molar-refractivity contribution in [3.05, 3.63) is 0 Å². The number of hydrogen-bond donors (Lipinski definition) is 0. The summed E-state index contributed by atoms with van der Waals surface area (Å²) in [5, 5.41) is 0. The molecule has 1 aliphatic rings. The molecule has 5 heteroatoms. The molecule has 1 rings (SSSR count). The minimum Gasteiger partial charge on any atom is -0.772 e. The molecule has 0 aromatic rings. The Balaban J connectivity index is 0.00000169. The molecule has 0 aromatic heterocycles. The maximum Gasteiger partial charge on any atom is 1.00 e. The van der Waals surface area contributed by atoms with Crippen molar-refractivity contribution in [3.63, 3.8) is 0 Å². The van der Waals surface area contributed by atoms with Crippen molar-refractivity contribution in [2.24, 2.45) is 5.92 Å². The summed E-state index contributed by atoms with van der Waals surface area (Å²) in [6, 6.07) is 0. The molecule has 1 saturated carbocycles. The fourth-order valence-electron chi connectivity index (χ4n) is 2.04. The molecule has 14 heavy (non-hydrogen) atoms. The molecule has 0 amide bonds. The Kier molecular flexibility index (Phi) is 8.88. The number of rotatable bonds is 4. The normalized spacial score (nSPS) is 22.4. The Morgan fingerprint density at radius 3 is 2.43 bits per heavy atom. The van der Waals surface area contributed by atoms with Crippen molar-refractivity contribution in [2.45, 2.75) is 38.2 Å². The van der Waals surface area contributed by atoms with Crippen molar-refractivity contribution in [1.82, 2.24) is 0 Å². The first-order chi connectivity index (χ1) is 6.24. The monoisotopic (exact) mass is 228 g/mol. The van der Waals surface area contributed by atoms with Crippen molar-refractivity contribution >= 4 is 11.1 Å². The van der Waals surface area contributed by atoms with Crippen LogP contribution < -0.4 is 29.6 Å². The molecule has 78 valence electrons. The first kappa shape index (κ1) is 15.1. The molecule has 1 aliphatic carbocycles. The molecule has 0 spiro atoms. The molecule has 3 nitrogen and oxygen atoms in total. The van der Waals surface area contributed by atoms with Crippen LogP contribution in [0.4, 0.5) is 0 Å². The molecule has 1 fully saturated rings. The van der Waals surface area contributed by atoms with E-state index in [1.54, 1.807) is 7.11 Å². The summed E-state index contributed by atoms with van der Waals surface area (Å²) >= 11 is -1.97. The van der Waals surface area contributed by atoms with E-state index in [0.717, 1.165) is 12.8 Å². The molecular formula is C9H17NaO3S. The van der Waals surface area contributed by atoms with Gasteiger partial charge in [0.2, 0.25) is 0 Å². The summed E-state index contributed by atoms with van der Waals surface area (Å²) in [4.78, 5) is 0. The average Bonchev–Trinajstić information content (AvgIpc) is 2.15. The van der Waals surface area contributed by atoms with Crippen molar-refractivity contribution in [1.29, 1.82) is 0 Å². The third-order valence-electron chi connectivity index (χ3n) is 2.78. The summed E-state index contributed by atoms with van der Waals surface area (Å²) < 4.78 is 26.3. The van der Waals surface area contributed by atoms with Crippen LogP contribution in [0.1, 0.15) is 32.1 Å². The number of hydrogen-bond acceptors (Lipinski definition) is 3. The second kappa shape index (κ2) is 8.25. The van der Waals surface area contributed by atoms with E-state index in [-0.39, 0.29) is 41.4 Å². The third kappa shape index (κ3) is 5.24. The van der Waals surface area contributed by atoms with Crippen LogP contribution in [0.2, 0.25) is 0 Å². The van der Waals surface area contributed by atoms with Gasteiger partial charge in [-0.15, -0.1) is 0 Å². The quantitative estimate of drug-likeness (QED) is 0.433. The van der Waals surface area contributed by atoms with E-state index < -0.39 is 11.1 Å². The fraction of sp³-hybridized carbons (Fsp3) is 1.00. The molecule has 0 aliphatic heterocycles. The first-order valence-corrected chi connectivity index (χ1v) is 6.07. The molecule has 0 N–H and O–H groups in total. The van der Waals surface area contributed by atoms with Crippen LogP contribution in [0, 0.1) is 5.92 Å². The van der Waals surface area contributed by atoms with Crippen LogP contribution in [0.5, 0.6) is 0 Å². The van der Waals surface area contributed by atoms with Gasteiger partial charge in [0.15, 0.2) is 0 Å². The zero-order valence-corrected chi connectivity index (χ0v) is 11.8. The van der Waals surface area contributed by atoms with Gasteiger partial charge >= 0.3 is 29.6 Å². The maximum atomic E-state index is 10.5. The van der Waals surface area contributed by atoms with Gasteiger partial charge in [-0.25, -0.2) is 0 Å². The van der Waals surface area contributed by atoms with Crippen molar-refractivity contribution in [3.8, 4) is 0 Å². The summed E-state index contributed by atoms with van der Waals surface area (Å²) in [5.74, 6) is 0.609. The smallest absolute Gasteiger partial charge is 0.772 e. The van der Waals surface area contributed by atoms with Crippen LogP contribution in [0.15, 0.2) is 0 Å². The summed E-state index contributed by atoms with van der Waals surface area (Å²) in [7, 11) is 1.60. The largest absolute Gasteiger partial charge is 1.00 e. The topological polar surface area (TPSA) is 49.4 Å². The van der Waals surface area contributed by atoms with Gasteiger partial charge in [-0.3, -0.25) is 4.21 Å². The van der Waals surface area contributed by atoms with E-state index in [4.69, 9.17) is 4.74 Å². The van der Waals surface area contributed by atoms with Crippen molar-refractivity contribution < 1.29 is 43.1 Å². The minimum atomic E-state index is -1.97. The van der Waals surface area contributed by atoms with Gasteiger partial charge in [0.25, 0.3) is 0 Å². The van der Waals surface area contributed by atoms with Gasteiger partial charge in [0.1, 0.15) is 0 Å².